The highest BCUT2D eigenvalue weighted by molar-refractivity contribution is 5.49. The van der Waals surface area contributed by atoms with Crippen molar-refractivity contribution in [3.05, 3.63) is 53.3 Å². The van der Waals surface area contributed by atoms with E-state index < -0.39 is 11.9 Å². The summed E-state index contributed by atoms with van der Waals surface area (Å²) in [6.45, 7) is 1.53. The molecule has 0 bridgehead atoms. The van der Waals surface area contributed by atoms with E-state index in [9.17, 15) is 9.50 Å². The van der Waals surface area contributed by atoms with Crippen molar-refractivity contribution in [3.8, 4) is 23.3 Å². The summed E-state index contributed by atoms with van der Waals surface area (Å²) in [5, 5.41) is 18.6. The van der Waals surface area contributed by atoms with Gasteiger partial charge in [0.25, 0.3) is 0 Å². The molecule has 0 aliphatic carbocycles. The number of methoxy groups -OCH3 is 1. The summed E-state index contributed by atoms with van der Waals surface area (Å²) in [6.07, 6.45) is -0.875. The van der Waals surface area contributed by atoms with Crippen LogP contribution in [0.3, 0.4) is 0 Å². The number of aliphatic hydroxyl groups excluding tert-OH is 1. The van der Waals surface area contributed by atoms with Crippen molar-refractivity contribution in [1.29, 1.82) is 5.26 Å². The molecule has 4 nitrogen and oxygen atoms in total. The van der Waals surface area contributed by atoms with Gasteiger partial charge >= 0.3 is 0 Å². The Labute approximate surface area is 122 Å². The zero-order valence-electron chi connectivity index (χ0n) is 11.6. The first-order valence-corrected chi connectivity index (χ1v) is 6.28. The number of benzene rings is 2. The van der Waals surface area contributed by atoms with E-state index in [1.54, 1.807) is 18.2 Å². The fourth-order valence-electron chi connectivity index (χ4n) is 1.88. The lowest BCUT2D eigenvalue weighted by Gasteiger charge is -2.15. The van der Waals surface area contributed by atoms with Crippen molar-refractivity contribution in [2.24, 2.45) is 0 Å². The second kappa shape index (κ2) is 6.25. The lowest BCUT2D eigenvalue weighted by molar-refractivity contribution is 0.195. The maximum atomic E-state index is 13.3. The summed E-state index contributed by atoms with van der Waals surface area (Å²) >= 11 is 0. The predicted octanol–water partition coefficient (Wildman–Crippen LogP) is 3.55. The van der Waals surface area contributed by atoms with Gasteiger partial charge < -0.3 is 14.6 Å². The van der Waals surface area contributed by atoms with Crippen molar-refractivity contribution >= 4 is 0 Å². The molecule has 5 heteroatoms. The molecule has 21 heavy (non-hydrogen) atoms. The third-order valence-corrected chi connectivity index (χ3v) is 2.93. The first-order valence-electron chi connectivity index (χ1n) is 6.28. The standard InChI is InChI=1S/C16H14FNO3/c1-10(19)13-8-12(17)4-6-14(13)21-15-5-3-11(9-18)7-16(15)20-2/h3-8,10,19H,1-2H3/t10-/m1/s1. The van der Waals surface area contributed by atoms with Crippen LogP contribution in [0, 0.1) is 17.1 Å². The minimum Gasteiger partial charge on any atom is -0.493 e. The molecule has 0 aliphatic rings. The minimum atomic E-state index is -0.875. The zero-order chi connectivity index (χ0) is 15.4. The normalized spacial score (nSPS) is 11.6. The molecule has 0 amide bonds. The molecule has 0 fully saturated rings. The Bertz CT molecular complexity index is 692. The summed E-state index contributed by atoms with van der Waals surface area (Å²) in [5.41, 5.74) is 0.774. The van der Waals surface area contributed by atoms with Crippen molar-refractivity contribution in [3.63, 3.8) is 0 Å². The van der Waals surface area contributed by atoms with Gasteiger partial charge in [-0.15, -0.1) is 0 Å². The SMILES string of the molecule is COc1cc(C#N)ccc1Oc1ccc(F)cc1[C@@H](C)O. The van der Waals surface area contributed by atoms with Crippen LogP contribution in [0.2, 0.25) is 0 Å². The molecule has 1 atom stereocenters. The van der Waals surface area contributed by atoms with Crippen LogP contribution in [-0.2, 0) is 0 Å². The van der Waals surface area contributed by atoms with Gasteiger partial charge in [-0.1, -0.05) is 0 Å². The quantitative estimate of drug-likeness (QED) is 0.934. The Morgan fingerprint density at radius 1 is 1.14 bits per heavy atom. The highest BCUT2D eigenvalue weighted by Crippen LogP contribution is 2.35. The number of hydrogen-bond acceptors (Lipinski definition) is 4. The van der Waals surface area contributed by atoms with E-state index in [1.165, 1.54) is 32.2 Å². The third kappa shape index (κ3) is 3.30. The summed E-state index contributed by atoms with van der Waals surface area (Å²) in [7, 11) is 1.46. The molecule has 0 saturated carbocycles. The van der Waals surface area contributed by atoms with Gasteiger partial charge in [0.2, 0.25) is 0 Å². The van der Waals surface area contributed by atoms with Crippen molar-refractivity contribution in [1.82, 2.24) is 0 Å². The van der Waals surface area contributed by atoms with Crippen LogP contribution < -0.4 is 9.47 Å². The number of rotatable bonds is 4. The first kappa shape index (κ1) is 14.8. The largest absolute Gasteiger partial charge is 0.493 e. The molecule has 0 saturated heterocycles. The van der Waals surface area contributed by atoms with Crippen LogP contribution in [0.25, 0.3) is 0 Å². The fraction of sp³-hybridized carbons (Fsp3) is 0.188. The molecule has 0 radical (unpaired) electrons. The van der Waals surface area contributed by atoms with E-state index in [-0.39, 0.29) is 0 Å². The van der Waals surface area contributed by atoms with Gasteiger partial charge in [0.05, 0.1) is 24.8 Å². The number of nitrogens with zero attached hydrogens (tertiary/aromatic N) is 1. The van der Waals surface area contributed by atoms with Crippen molar-refractivity contribution in [2.45, 2.75) is 13.0 Å². The molecular weight excluding hydrogens is 273 g/mol. The van der Waals surface area contributed by atoms with Crippen LogP contribution in [0.5, 0.6) is 17.2 Å². The van der Waals surface area contributed by atoms with E-state index in [4.69, 9.17) is 14.7 Å². The number of aliphatic hydroxyl groups is 1. The monoisotopic (exact) mass is 287 g/mol. The Kier molecular flexibility index (Phi) is 4.41. The van der Waals surface area contributed by atoms with Gasteiger partial charge in [0.15, 0.2) is 11.5 Å². The number of ether oxygens (including phenoxy) is 2. The summed E-state index contributed by atoms with van der Waals surface area (Å²) in [6, 6.07) is 10.6. The molecule has 0 unspecified atom stereocenters. The molecule has 2 aromatic rings. The molecule has 2 aromatic carbocycles. The van der Waals surface area contributed by atoms with Crippen LogP contribution >= 0.6 is 0 Å². The summed E-state index contributed by atoms with van der Waals surface area (Å²) in [5.74, 6) is 0.638. The first-order chi connectivity index (χ1) is 10.0. The second-order valence-electron chi connectivity index (χ2n) is 4.44. The van der Waals surface area contributed by atoms with E-state index in [2.05, 4.69) is 0 Å². The number of hydrogen-bond donors (Lipinski definition) is 1. The van der Waals surface area contributed by atoms with Gasteiger partial charge in [-0.25, -0.2) is 4.39 Å². The Morgan fingerprint density at radius 3 is 2.48 bits per heavy atom. The molecule has 2 rings (SSSR count). The average molecular weight is 287 g/mol. The van der Waals surface area contributed by atoms with Crippen LogP contribution in [-0.4, -0.2) is 12.2 Å². The number of nitriles is 1. The van der Waals surface area contributed by atoms with Gasteiger partial charge in [-0.05, 0) is 37.3 Å². The lowest BCUT2D eigenvalue weighted by Crippen LogP contribution is -1.98. The van der Waals surface area contributed by atoms with Crippen molar-refractivity contribution < 1.29 is 19.0 Å². The molecule has 0 heterocycles. The highest BCUT2D eigenvalue weighted by Gasteiger charge is 2.14. The molecule has 0 aromatic heterocycles. The Morgan fingerprint density at radius 2 is 1.86 bits per heavy atom. The second-order valence-corrected chi connectivity index (χ2v) is 4.44. The van der Waals surface area contributed by atoms with Crippen LogP contribution in [0.1, 0.15) is 24.2 Å². The van der Waals surface area contributed by atoms with Crippen LogP contribution in [0.4, 0.5) is 4.39 Å². The highest BCUT2D eigenvalue weighted by atomic mass is 19.1. The van der Waals surface area contributed by atoms with Crippen molar-refractivity contribution in [2.75, 3.05) is 7.11 Å². The Hall–Kier alpha value is -2.58. The number of halogens is 1. The third-order valence-electron chi connectivity index (χ3n) is 2.93. The lowest BCUT2D eigenvalue weighted by atomic mass is 10.1. The molecule has 108 valence electrons. The molecule has 0 aliphatic heterocycles. The summed E-state index contributed by atoms with van der Waals surface area (Å²) < 4.78 is 24.1. The average Bonchev–Trinajstić information content (AvgIpc) is 2.49. The van der Waals surface area contributed by atoms with Crippen LogP contribution in [0.15, 0.2) is 36.4 Å². The van der Waals surface area contributed by atoms with E-state index >= 15 is 0 Å². The molecular formula is C16H14FNO3. The smallest absolute Gasteiger partial charge is 0.169 e. The Balaban J connectivity index is 2.41. The van der Waals surface area contributed by atoms with Gasteiger partial charge in [0, 0.05) is 11.6 Å². The van der Waals surface area contributed by atoms with E-state index in [1.807, 2.05) is 6.07 Å². The summed E-state index contributed by atoms with van der Waals surface area (Å²) in [4.78, 5) is 0. The minimum absolute atomic E-state index is 0.328. The molecule has 1 N–H and O–H groups in total. The fourth-order valence-corrected chi connectivity index (χ4v) is 1.88. The topological polar surface area (TPSA) is 62.5 Å². The maximum Gasteiger partial charge on any atom is 0.169 e. The zero-order valence-corrected chi connectivity index (χ0v) is 11.6. The van der Waals surface area contributed by atoms with Gasteiger partial charge in [-0.3, -0.25) is 0 Å². The maximum absolute atomic E-state index is 13.3. The van der Waals surface area contributed by atoms with E-state index in [0.29, 0.717) is 28.4 Å². The molecule has 0 spiro atoms. The van der Waals surface area contributed by atoms with E-state index in [0.717, 1.165) is 0 Å². The van der Waals surface area contributed by atoms with Gasteiger partial charge in [0.1, 0.15) is 11.6 Å². The predicted molar refractivity (Wildman–Crippen MR) is 74.8 cm³/mol. The van der Waals surface area contributed by atoms with Gasteiger partial charge in [-0.2, -0.15) is 5.26 Å².